The van der Waals surface area contributed by atoms with Crippen molar-refractivity contribution in [3.8, 4) is 0 Å². The predicted molar refractivity (Wildman–Crippen MR) is 42.1 cm³/mol. The van der Waals surface area contributed by atoms with Crippen molar-refractivity contribution in [2.45, 2.75) is 36.7 Å². The average molecular weight is 164 g/mol. The fourth-order valence-corrected chi connectivity index (χ4v) is 1.76. The number of hydrogen-bond acceptors (Lipinski definition) is 2. The van der Waals surface area contributed by atoms with Gasteiger partial charge in [-0.2, -0.15) is 0 Å². The number of alkyl halides is 1. The lowest BCUT2D eigenvalue weighted by Crippen LogP contribution is -2.47. The van der Waals surface area contributed by atoms with Crippen LogP contribution in [0.3, 0.4) is 0 Å². The number of nitrogens with two attached hydrogens (primary N) is 1. The van der Waals surface area contributed by atoms with Crippen LogP contribution in [0.2, 0.25) is 0 Å². The molecule has 2 atom stereocenters. The quantitative estimate of drug-likeness (QED) is 0.564. The highest BCUT2D eigenvalue weighted by molar-refractivity contribution is 6.21. The van der Waals surface area contributed by atoms with E-state index in [1.807, 2.05) is 0 Å². The molecule has 1 fully saturated rings. The van der Waals surface area contributed by atoms with Crippen molar-refractivity contribution >= 4 is 11.6 Å². The van der Waals surface area contributed by atoms with E-state index in [1.165, 1.54) is 0 Å². The molecule has 1 saturated carbocycles. The van der Waals surface area contributed by atoms with E-state index in [0.717, 1.165) is 25.7 Å². The lowest BCUT2D eigenvalue weighted by molar-refractivity contribution is 0.0170. The predicted octanol–water partition coefficient (Wildman–Crippen LogP) is 0.858. The molecule has 3 N–H and O–H groups in total. The molecule has 2 unspecified atom stereocenters. The average Bonchev–Trinajstić information content (AvgIpc) is 1.96. The fourth-order valence-electron chi connectivity index (χ4n) is 1.41. The van der Waals surface area contributed by atoms with Crippen molar-refractivity contribution in [1.82, 2.24) is 0 Å². The molecule has 0 amide bonds. The maximum Gasteiger partial charge on any atom is 0.0931 e. The molecule has 1 aliphatic rings. The van der Waals surface area contributed by atoms with Gasteiger partial charge in [-0.05, 0) is 12.8 Å². The summed E-state index contributed by atoms with van der Waals surface area (Å²) in [5, 5.41) is 9.56. The molecule has 1 aliphatic carbocycles. The molecular formula is C7H14ClNO. The molecule has 3 heteroatoms. The lowest BCUT2D eigenvalue weighted by atomic mass is 9.84. The van der Waals surface area contributed by atoms with Gasteiger partial charge in [0.15, 0.2) is 0 Å². The van der Waals surface area contributed by atoms with Crippen LogP contribution in [0.15, 0.2) is 0 Å². The summed E-state index contributed by atoms with van der Waals surface area (Å²) in [4.78, 5) is 0. The molecule has 60 valence electrons. The Kier molecular flexibility index (Phi) is 2.55. The number of halogens is 1. The molecule has 10 heavy (non-hydrogen) atoms. The third-order valence-corrected chi connectivity index (χ3v) is 2.88. The van der Waals surface area contributed by atoms with Crippen molar-refractivity contribution in [2.24, 2.45) is 5.73 Å². The van der Waals surface area contributed by atoms with E-state index in [1.54, 1.807) is 0 Å². The minimum Gasteiger partial charge on any atom is -0.387 e. The molecule has 0 bridgehead atoms. The Labute approximate surface area is 66.4 Å². The maximum absolute atomic E-state index is 9.69. The first-order valence-corrected chi connectivity index (χ1v) is 4.19. The van der Waals surface area contributed by atoms with Gasteiger partial charge in [0.1, 0.15) is 0 Å². The Morgan fingerprint density at radius 2 is 2.30 bits per heavy atom. The Morgan fingerprint density at radius 1 is 1.60 bits per heavy atom. The Hall–Kier alpha value is 0.210. The van der Waals surface area contributed by atoms with Gasteiger partial charge in [0.2, 0.25) is 0 Å². The minimum atomic E-state index is -0.778. The van der Waals surface area contributed by atoms with Gasteiger partial charge < -0.3 is 10.8 Å². The first-order chi connectivity index (χ1) is 4.69. The van der Waals surface area contributed by atoms with Crippen LogP contribution in [-0.2, 0) is 0 Å². The molecule has 0 radical (unpaired) electrons. The van der Waals surface area contributed by atoms with Gasteiger partial charge in [-0.3, -0.25) is 0 Å². The molecule has 0 saturated heterocycles. The summed E-state index contributed by atoms with van der Waals surface area (Å²) >= 11 is 5.89. The van der Waals surface area contributed by atoms with E-state index in [4.69, 9.17) is 17.3 Å². The van der Waals surface area contributed by atoms with Crippen LogP contribution in [0.4, 0.5) is 0 Å². The molecule has 1 rings (SSSR count). The smallest absolute Gasteiger partial charge is 0.0931 e. The summed E-state index contributed by atoms with van der Waals surface area (Å²) in [5.41, 5.74) is 4.62. The van der Waals surface area contributed by atoms with E-state index in [9.17, 15) is 5.11 Å². The number of rotatable bonds is 1. The molecular weight excluding hydrogens is 150 g/mol. The summed E-state index contributed by atoms with van der Waals surface area (Å²) in [5.74, 6) is 0. The van der Waals surface area contributed by atoms with Gasteiger partial charge in [0.05, 0.1) is 11.0 Å². The van der Waals surface area contributed by atoms with Crippen molar-refractivity contribution in [2.75, 3.05) is 6.54 Å². The third kappa shape index (κ3) is 1.44. The SMILES string of the molecule is NCC1(O)CCCCC1Cl. The van der Waals surface area contributed by atoms with Gasteiger partial charge in [0, 0.05) is 6.54 Å². The highest BCUT2D eigenvalue weighted by Gasteiger charge is 2.36. The Bertz CT molecular complexity index is 120. The summed E-state index contributed by atoms with van der Waals surface area (Å²) in [6.45, 7) is 0.293. The van der Waals surface area contributed by atoms with E-state index >= 15 is 0 Å². The Morgan fingerprint density at radius 3 is 2.70 bits per heavy atom. The van der Waals surface area contributed by atoms with Gasteiger partial charge in [-0.15, -0.1) is 11.6 Å². The monoisotopic (exact) mass is 163 g/mol. The zero-order chi connectivity index (χ0) is 7.61. The fraction of sp³-hybridized carbons (Fsp3) is 1.00. The molecule has 0 heterocycles. The first-order valence-electron chi connectivity index (χ1n) is 3.75. The van der Waals surface area contributed by atoms with Crippen molar-refractivity contribution in [1.29, 1.82) is 0 Å². The third-order valence-electron chi connectivity index (χ3n) is 2.25. The maximum atomic E-state index is 9.69. The van der Waals surface area contributed by atoms with Gasteiger partial charge >= 0.3 is 0 Å². The van der Waals surface area contributed by atoms with Crippen LogP contribution in [-0.4, -0.2) is 22.6 Å². The normalized spacial score (nSPS) is 41.7. The van der Waals surface area contributed by atoms with Crippen LogP contribution in [0, 0.1) is 0 Å². The largest absolute Gasteiger partial charge is 0.387 e. The van der Waals surface area contributed by atoms with Crippen LogP contribution >= 0.6 is 11.6 Å². The molecule has 0 aromatic rings. The van der Waals surface area contributed by atoms with E-state index in [-0.39, 0.29) is 5.38 Å². The van der Waals surface area contributed by atoms with Crippen LogP contribution < -0.4 is 5.73 Å². The zero-order valence-corrected chi connectivity index (χ0v) is 6.77. The molecule has 0 aliphatic heterocycles. The second-order valence-electron chi connectivity index (χ2n) is 3.02. The second-order valence-corrected chi connectivity index (χ2v) is 3.55. The molecule has 0 spiro atoms. The topological polar surface area (TPSA) is 46.2 Å². The highest BCUT2D eigenvalue weighted by Crippen LogP contribution is 2.31. The van der Waals surface area contributed by atoms with Crippen molar-refractivity contribution in [3.05, 3.63) is 0 Å². The van der Waals surface area contributed by atoms with Crippen LogP contribution in [0.25, 0.3) is 0 Å². The minimum absolute atomic E-state index is 0.133. The van der Waals surface area contributed by atoms with Gasteiger partial charge in [-0.25, -0.2) is 0 Å². The zero-order valence-electron chi connectivity index (χ0n) is 6.02. The lowest BCUT2D eigenvalue weighted by Gasteiger charge is -2.35. The standard InChI is InChI=1S/C7H14ClNO/c8-6-3-1-2-4-7(6,10)5-9/h6,10H,1-5,9H2. The van der Waals surface area contributed by atoms with Crippen LogP contribution in [0.1, 0.15) is 25.7 Å². The summed E-state index contributed by atoms with van der Waals surface area (Å²) in [6, 6.07) is 0. The van der Waals surface area contributed by atoms with Crippen molar-refractivity contribution < 1.29 is 5.11 Å². The van der Waals surface area contributed by atoms with E-state index in [0.29, 0.717) is 6.54 Å². The Balaban J connectivity index is 2.54. The summed E-state index contributed by atoms with van der Waals surface area (Å²) in [6.07, 6.45) is 3.83. The van der Waals surface area contributed by atoms with E-state index in [2.05, 4.69) is 0 Å². The number of aliphatic hydroxyl groups is 1. The van der Waals surface area contributed by atoms with Crippen LogP contribution in [0.5, 0.6) is 0 Å². The van der Waals surface area contributed by atoms with Gasteiger partial charge in [0.25, 0.3) is 0 Å². The number of hydrogen-bond donors (Lipinski definition) is 2. The van der Waals surface area contributed by atoms with E-state index < -0.39 is 5.60 Å². The molecule has 2 nitrogen and oxygen atoms in total. The first kappa shape index (κ1) is 8.31. The van der Waals surface area contributed by atoms with Crippen molar-refractivity contribution in [3.63, 3.8) is 0 Å². The summed E-state index contributed by atoms with van der Waals surface area (Å²) < 4.78 is 0. The second kappa shape index (κ2) is 3.07. The molecule has 0 aromatic heterocycles. The van der Waals surface area contributed by atoms with Gasteiger partial charge in [-0.1, -0.05) is 12.8 Å². The highest BCUT2D eigenvalue weighted by atomic mass is 35.5. The summed E-state index contributed by atoms with van der Waals surface area (Å²) in [7, 11) is 0. The molecule has 0 aromatic carbocycles.